The molecular formula is C40H28Cl2N2O2S2. The van der Waals surface area contributed by atoms with Crippen LogP contribution in [0.25, 0.3) is 21.4 Å². The number of fused-ring (bicyclic) bond motifs is 4. The standard InChI is InChI=1S/C40H28Cl2N2O2S2/c1-5-23-8-12-26(13-9-23)40(25-10-6-22(4)7-11-25)31-18-35(21(2)3)48-38(31)39-34(46-40)15-27(47-39)14-30-36(24(19-43)20-44)28-16-32(41)33(42)17-29(28)37(30)45/h6-18,21H,5H2,1-4H3/b30-14-. The number of ether oxygens (including phenoxy) is 1. The number of nitriles is 2. The molecule has 8 heteroatoms. The highest BCUT2D eigenvalue weighted by atomic mass is 35.5. The van der Waals surface area contributed by atoms with Gasteiger partial charge < -0.3 is 4.74 Å². The molecule has 4 nitrogen and oxygen atoms in total. The monoisotopic (exact) mass is 702 g/mol. The average molecular weight is 704 g/mol. The maximum absolute atomic E-state index is 13.8. The van der Waals surface area contributed by atoms with Gasteiger partial charge in [-0.05, 0) is 60.7 Å². The molecule has 0 saturated carbocycles. The van der Waals surface area contributed by atoms with E-state index in [-0.39, 0.29) is 32.5 Å². The largest absolute Gasteiger partial charge is 0.471 e. The summed E-state index contributed by atoms with van der Waals surface area (Å²) >= 11 is 15.9. The van der Waals surface area contributed by atoms with Crippen LogP contribution < -0.4 is 4.74 Å². The lowest BCUT2D eigenvalue weighted by Gasteiger charge is -2.39. The van der Waals surface area contributed by atoms with Gasteiger partial charge in [-0.15, -0.1) is 22.7 Å². The predicted molar refractivity (Wildman–Crippen MR) is 196 cm³/mol. The summed E-state index contributed by atoms with van der Waals surface area (Å²) in [5, 5.41) is 20.2. The van der Waals surface area contributed by atoms with Crippen molar-refractivity contribution in [2.45, 2.75) is 45.6 Å². The lowest BCUT2D eigenvalue weighted by atomic mass is 9.78. The summed E-state index contributed by atoms with van der Waals surface area (Å²) < 4.78 is 7.26. The van der Waals surface area contributed by atoms with Crippen LogP contribution in [0.4, 0.5) is 0 Å². The second kappa shape index (κ2) is 12.2. The van der Waals surface area contributed by atoms with Crippen molar-refractivity contribution in [3.05, 3.63) is 143 Å². The number of benzene rings is 3. The van der Waals surface area contributed by atoms with Crippen LogP contribution in [0, 0.1) is 29.6 Å². The zero-order chi connectivity index (χ0) is 33.9. The smallest absolute Gasteiger partial charge is 0.194 e. The first kappa shape index (κ1) is 32.1. The maximum Gasteiger partial charge on any atom is 0.194 e. The third kappa shape index (κ3) is 5.04. The summed E-state index contributed by atoms with van der Waals surface area (Å²) in [6.07, 6.45) is 2.68. The predicted octanol–water partition coefficient (Wildman–Crippen LogP) is 11.5. The minimum absolute atomic E-state index is 0.166. The van der Waals surface area contributed by atoms with Gasteiger partial charge in [0.25, 0.3) is 0 Å². The molecule has 236 valence electrons. The minimum Gasteiger partial charge on any atom is -0.471 e. The van der Waals surface area contributed by atoms with Gasteiger partial charge in [0.2, 0.25) is 0 Å². The summed E-state index contributed by atoms with van der Waals surface area (Å²) in [6.45, 7) is 8.62. The molecule has 0 N–H and O–H groups in total. The van der Waals surface area contributed by atoms with Crippen molar-refractivity contribution in [2.75, 3.05) is 0 Å². The first-order valence-electron chi connectivity index (χ1n) is 15.5. The normalized spacial score (nSPS) is 17.1. The van der Waals surface area contributed by atoms with Crippen molar-refractivity contribution < 1.29 is 9.53 Å². The molecule has 2 aromatic heterocycles. The van der Waals surface area contributed by atoms with Crippen LogP contribution in [0.2, 0.25) is 10.0 Å². The van der Waals surface area contributed by atoms with Gasteiger partial charge in [-0.2, -0.15) is 10.5 Å². The molecule has 0 amide bonds. The zero-order valence-corrected chi connectivity index (χ0v) is 29.7. The fourth-order valence-corrected chi connectivity index (χ4v) is 9.15. The van der Waals surface area contributed by atoms with E-state index in [4.69, 9.17) is 27.9 Å². The number of halogens is 2. The van der Waals surface area contributed by atoms with Crippen molar-refractivity contribution in [1.82, 2.24) is 0 Å². The molecule has 2 aliphatic rings. The van der Waals surface area contributed by atoms with Crippen molar-refractivity contribution in [3.8, 4) is 27.6 Å². The summed E-state index contributed by atoms with van der Waals surface area (Å²) in [6, 6.07) is 28.4. The van der Waals surface area contributed by atoms with Crippen LogP contribution in [0.3, 0.4) is 0 Å². The molecule has 1 aliphatic carbocycles. The third-order valence-electron chi connectivity index (χ3n) is 8.96. The van der Waals surface area contributed by atoms with E-state index in [1.54, 1.807) is 23.5 Å². The molecule has 0 radical (unpaired) electrons. The van der Waals surface area contributed by atoms with E-state index >= 15 is 0 Å². The van der Waals surface area contributed by atoms with Gasteiger partial charge in [0.15, 0.2) is 11.4 Å². The quantitative estimate of drug-likeness (QED) is 0.135. The Morgan fingerprint density at radius 2 is 1.52 bits per heavy atom. The highest BCUT2D eigenvalue weighted by Crippen LogP contribution is 2.58. The molecule has 3 aromatic carbocycles. The Balaban J connectivity index is 1.46. The van der Waals surface area contributed by atoms with Gasteiger partial charge in [-0.25, -0.2) is 0 Å². The fourth-order valence-electron chi connectivity index (χ4n) is 6.43. The van der Waals surface area contributed by atoms with Crippen molar-refractivity contribution in [3.63, 3.8) is 0 Å². The molecule has 1 aliphatic heterocycles. The fraction of sp³-hybridized carbons (Fsp3) is 0.175. The number of thiophene rings is 2. The number of carbonyl (C=O) groups is 1. The third-order valence-corrected chi connectivity index (χ3v) is 12.3. The summed E-state index contributed by atoms with van der Waals surface area (Å²) in [4.78, 5) is 17.9. The second-order valence-electron chi connectivity index (χ2n) is 12.3. The van der Waals surface area contributed by atoms with Gasteiger partial charge in [0.05, 0.1) is 19.8 Å². The number of Topliss-reactive ketones (excluding diaryl/α,β-unsaturated/α-hetero) is 1. The molecule has 5 aromatic rings. The van der Waals surface area contributed by atoms with Crippen LogP contribution in [0.1, 0.15) is 80.2 Å². The van der Waals surface area contributed by atoms with Crippen molar-refractivity contribution >= 4 is 63.3 Å². The van der Waals surface area contributed by atoms with Crippen LogP contribution in [-0.2, 0) is 12.0 Å². The van der Waals surface area contributed by atoms with E-state index < -0.39 is 5.60 Å². The number of hydrogen-bond acceptors (Lipinski definition) is 6. The average Bonchev–Trinajstić information content (AvgIpc) is 3.78. The number of rotatable bonds is 5. The lowest BCUT2D eigenvalue weighted by molar-refractivity contribution is 0.104. The maximum atomic E-state index is 13.8. The van der Waals surface area contributed by atoms with E-state index in [1.807, 2.05) is 18.2 Å². The summed E-state index contributed by atoms with van der Waals surface area (Å²) in [5.74, 6) is 0.690. The number of allylic oxidation sites excluding steroid dienone is 3. The Morgan fingerprint density at radius 3 is 2.12 bits per heavy atom. The molecule has 0 saturated heterocycles. The topological polar surface area (TPSA) is 73.9 Å². The van der Waals surface area contributed by atoms with Crippen LogP contribution in [0.5, 0.6) is 5.75 Å². The first-order valence-corrected chi connectivity index (χ1v) is 17.9. The van der Waals surface area contributed by atoms with Gasteiger partial charge >= 0.3 is 0 Å². The van der Waals surface area contributed by atoms with Gasteiger partial charge in [-0.1, -0.05) is 98.1 Å². The van der Waals surface area contributed by atoms with Gasteiger partial charge in [-0.3, -0.25) is 4.79 Å². The van der Waals surface area contributed by atoms with E-state index in [9.17, 15) is 15.3 Å². The lowest BCUT2D eigenvalue weighted by Crippen LogP contribution is -2.37. The Morgan fingerprint density at radius 1 is 0.896 bits per heavy atom. The Labute approximate surface area is 297 Å². The van der Waals surface area contributed by atoms with E-state index in [2.05, 4.69) is 82.3 Å². The van der Waals surface area contributed by atoms with E-state index in [0.29, 0.717) is 22.8 Å². The number of ketones is 1. The van der Waals surface area contributed by atoms with Crippen molar-refractivity contribution in [1.29, 1.82) is 10.5 Å². The SMILES string of the molecule is CCc1ccc(C2(c3ccc(C)cc3)Oc3cc(/C=C4\C(=O)c5cc(Cl)c(Cl)cc5C4=C(C#N)C#N)sc3-c3sc(C(C)C)cc32)cc1. The molecule has 0 spiro atoms. The van der Waals surface area contributed by atoms with E-state index in [1.165, 1.54) is 27.8 Å². The van der Waals surface area contributed by atoms with Crippen LogP contribution in [-0.4, -0.2) is 5.78 Å². The molecule has 48 heavy (non-hydrogen) atoms. The molecule has 7 rings (SSSR count). The summed E-state index contributed by atoms with van der Waals surface area (Å²) in [5.41, 5.74) is 5.70. The second-order valence-corrected chi connectivity index (χ2v) is 15.2. The number of hydrogen-bond donors (Lipinski definition) is 0. The molecule has 3 heterocycles. The highest BCUT2D eigenvalue weighted by molar-refractivity contribution is 7.23. The zero-order valence-electron chi connectivity index (χ0n) is 26.6. The summed E-state index contributed by atoms with van der Waals surface area (Å²) in [7, 11) is 0. The number of nitrogens with zero attached hydrogens (tertiary/aromatic N) is 2. The Bertz CT molecular complexity index is 2280. The molecule has 1 unspecified atom stereocenters. The highest BCUT2D eigenvalue weighted by Gasteiger charge is 2.47. The molecule has 0 fully saturated rings. The number of aryl methyl sites for hydroxylation is 2. The van der Waals surface area contributed by atoms with Crippen molar-refractivity contribution in [2.24, 2.45) is 0 Å². The van der Waals surface area contributed by atoms with Crippen LogP contribution >= 0.6 is 45.9 Å². The molecular weight excluding hydrogens is 675 g/mol. The minimum atomic E-state index is -0.913. The van der Waals surface area contributed by atoms with Crippen LogP contribution in [0.15, 0.2) is 83.9 Å². The number of carbonyl (C=O) groups excluding carboxylic acids is 1. The first-order chi connectivity index (χ1) is 23.1. The molecule has 1 atom stereocenters. The van der Waals surface area contributed by atoms with E-state index in [0.717, 1.165) is 43.3 Å². The molecule has 0 bridgehead atoms. The Kier molecular flexibility index (Phi) is 8.18. The van der Waals surface area contributed by atoms with Gasteiger partial charge in [0, 0.05) is 43.2 Å². The Hall–Kier alpha value is -4.43. The van der Waals surface area contributed by atoms with Gasteiger partial charge in [0.1, 0.15) is 23.5 Å².